The number of carbonyl (C=O) groups is 2. The molecule has 3 fully saturated rings. The van der Waals surface area contributed by atoms with Crippen LogP contribution in [0.3, 0.4) is 0 Å². The molecule has 0 radical (unpaired) electrons. The molecule has 0 aliphatic heterocycles. The van der Waals surface area contributed by atoms with Crippen LogP contribution in [0.25, 0.3) is 0 Å². The van der Waals surface area contributed by atoms with Gasteiger partial charge in [-0.05, 0) is 61.7 Å². The number of alkyl halides is 1. The van der Waals surface area contributed by atoms with Crippen LogP contribution in [-0.2, 0) is 19.1 Å². The van der Waals surface area contributed by atoms with E-state index in [0.717, 1.165) is 44.9 Å². The fraction of sp³-hybridized carbons (Fsp3) is 0.852. The molecule has 4 aliphatic rings. The van der Waals surface area contributed by atoms with Crippen LogP contribution in [0.5, 0.6) is 0 Å². The summed E-state index contributed by atoms with van der Waals surface area (Å²) in [5.74, 6) is 0.0327. The van der Waals surface area contributed by atoms with Gasteiger partial charge in [0.05, 0.1) is 17.5 Å². The summed E-state index contributed by atoms with van der Waals surface area (Å²) in [6.07, 6.45) is 8.45. The van der Waals surface area contributed by atoms with Crippen molar-refractivity contribution in [1.82, 2.24) is 0 Å². The average Bonchev–Trinajstić information content (AvgIpc) is 3.10. The molecule has 0 bridgehead atoms. The molecule has 192 valence electrons. The summed E-state index contributed by atoms with van der Waals surface area (Å²) in [4.78, 5) is 24.4. The molecule has 0 amide bonds. The van der Waals surface area contributed by atoms with Gasteiger partial charge in [-0.1, -0.05) is 54.8 Å². The van der Waals surface area contributed by atoms with Crippen LogP contribution in [0.2, 0.25) is 0 Å². The van der Waals surface area contributed by atoms with Gasteiger partial charge in [0.1, 0.15) is 12.2 Å². The Morgan fingerprint density at radius 3 is 2.59 bits per heavy atom. The summed E-state index contributed by atoms with van der Waals surface area (Å²) < 4.78 is 11.7. The first-order valence-corrected chi connectivity index (χ1v) is 14.1. The van der Waals surface area contributed by atoms with E-state index in [4.69, 9.17) is 9.47 Å². The Morgan fingerprint density at radius 2 is 1.91 bits per heavy atom. The SMILES string of the molecule is CCCCC(=O)O[C@H]1CC[C@@]2(C)C(=CC(O)C3C4C[C@@H](Br)[C@H](OC(=O)CC)[C@@]4(CO)CCC32)C1. The van der Waals surface area contributed by atoms with Gasteiger partial charge in [0, 0.05) is 24.7 Å². The van der Waals surface area contributed by atoms with Crippen molar-refractivity contribution in [3.05, 3.63) is 11.6 Å². The third kappa shape index (κ3) is 4.39. The summed E-state index contributed by atoms with van der Waals surface area (Å²) in [6, 6.07) is 0. The first-order chi connectivity index (χ1) is 16.2. The summed E-state index contributed by atoms with van der Waals surface area (Å²) in [6.45, 7) is 6.13. The number of carbonyl (C=O) groups excluding carboxylic acids is 2. The molecule has 7 heteroatoms. The lowest BCUT2D eigenvalue weighted by Crippen LogP contribution is -2.57. The Balaban J connectivity index is 1.56. The highest BCUT2D eigenvalue weighted by molar-refractivity contribution is 9.09. The molecule has 9 atom stereocenters. The van der Waals surface area contributed by atoms with Crippen LogP contribution in [0.4, 0.5) is 0 Å². The predicted molar refractivity (Wildman–Crippen MR) is 132 cm³/mol. The second-order valence-corrected chi connectivity index (χ2v) is 12.5. The number of hydrogen-bond donors (Lipinski definition) is 2. The number of unbranched alkanes of at least 4 members (excludes halogenated alkanes) is 1. The van der Waals surface area contributed by atoms with Gasteiger partial charge in [0.15, 0.2) is 0 Å². The van der Waals surface area contributed by atoms with E-state index in [9.17, 15) is 19.8 Å². The van der Waals surface area contributed by atoms with Crippen LogP contribution in [-0.4, -0.2) is 51.9 Å². The number of esters is 2. The average molecular weight is 542 g/mol. The maximum atomic E-state index is 12.2. The van der Waals surface area contributed by atoms with Crippen LogP contribution < -0.4 is 0 Å². The Bertz CT molecular complexity index is 813. The number of rotatable bonds is 7. The second-order valence-electron chi connectivity index (χ2n) is 11.3. The zero-order valence-electron chi connectivity index (χ0n) is 20.8. The normalized spacial score (nSPS) is 43.2. The van der Waals surface area contributed by atoms with Crippen LogP contribution in [0.1, 0.15) is 85.0 Å². The summed E-state index contributed by atoms with van der Waals surface area (Å²) in [7, 11) is 0. The first-order valence-electron chi connectivity index (χ1n) is 13.2. The minimum atomic E-state index is -0.612. The van der Waals surface area contributed by atoms with Gasteiger partial charge in [0.2, 0.25) is 0 Å². The standard InChI is InChI=1S/C27H41BrO6/c1-4-6-7-23(32)33-17-8-10-26(3)16(12-17)13-21(30)24-18(26)9-11-27(15-29)19(24)14-20(28)25(27)34-22(31)5-2/h13,17-21,24-25,29-30H,4-12,14-15H2,1-3H3/t17-,18?,19?,20+,21?,24?,25-,26-,27+/m0/s1. The van der Waals surface area contributed by atoms with Crippen molar-refractivity contribution in [3.63, 3.8) is 0 Å². The van der Waals surface area contributed by atoms with Gasteiger partial charge in [-0.15, -0.1) is 0 Å². The molecule has 0 aromatic rings. The van der Waals surface area contributed by atoms with Gasteiger partial charge in [0.25, 0.3) is 0 Å². The fourth-order valence-electron chi connectivity index (χ4n) is 7.73. The van der Waals surface area contributed by atoms with E-state index in [1.807, 2.05) is 6.08 Å². The highest BCUT2D eigenvalue weighted by atomic mass is 79.9. The van der Waals surface area contributed by atoms with E-state index in [-0.39, 0.29) is 52.8 Å². The number of aliphatic hydroxyl groups is 2. The van der Waals surface area contributed by atoms with Crippen molar-refractivity contribution < 1.29 is 29.3 Å². The van der Waals surface area contributed by atoms with Gasteiger partial charge in [-0.3, -0.25) is 9.59 Å². The summed E-state index contributed by atoms with van der Waals surface area (Å²) in [5, 5.41) is 22.0. The molecule has 34 heavy (non-hydrogen) atoms. The van der Waals surface area contributed by atoms with E-state index in [2.05, 4.69) is 29.8 Å². The van der Waals surface area contributed by atoms with Crippen molar-refractivity contribution >= 4 is 27.9 Å². The lowest BCUT2D eigenvalue weighted by molar-refractivity contribution is -0.169. The molecular weight excluding hydrogens is 500 g/mol. The molecule has 2 N–H and O–H groups in total. The molecule has 0 spiro atoms. The molecule has 3 saturated carbocycles. The zero-order valence-corrected chi connectivity index (χ0v) is 22.4. The topological polar surface area (TPSA) is 93.1 Å². The van der Waals surface area contributed by atoms with Crippen LogP contribution in [0, 0.1) is 28.6 Å². The number of ether oxygens (including phenoxy) is 2. The number of fused-ring (bicyclic) bond motifs is 5. The smallest absolute Gasteiger partial charge is 0.306 e. The van der Waals surface area contributed by atoms with Crippen LogP contribution in [0.15, 0.2) is 11.6 Å². The van der Waals surface area contributed by atoms with Gasteiger partial charge < -0.3 is 19.7 Å². The largest absolute Gasteiger partial charge is 0.462 e. The number of aliphatic hydroxyl groups excluding tert-OH is 2. The van der Waals surface area contributed by atoms with Crippen molar-refractivity contribution in [2.75, 3.05) is 6.61 Å². The summed E-state index contributed by atoms with van der Waals surface area (Å²) in [5.41, 5.74) is 0.659. The zero-order chi connectivity index (χ0) is 24.7. The Morgan fingerprint density at radius 1 is 1.15 bits per heavy atom. The highest BCUT2D eigenvalue weighted by Gasteiger charge is 2.65. The highest BCUT2D eigenvalue weighted by Crippen LogP contribution is 2.66. The molecular formula is C27H41BrO6. The van der Waals surface area contributed by atoms with E-state index < -0.39 is 11.5 Å². The number of halogens is 1. The van der Waals surface area contributed by atoms with E-state index >= 15 is 0 Å². The second kappa shape index (κ2) is 10.2. The van der Waals surface area contributed by atoms with Crippen molar-refractivity contribution in [1.29, 1.82) is 0 Å². The lowest BCUT2D eigenvalue weighted by Gasteiger charge is -2.59. The van der Waals surface area contributed by atoms with Gasteiger partial charge in [-0.2, -0.15) is 0 Å². The third-order valence-electron chi connectivity index (χ3n) is 9.59. The quantitative estimate of drug-likeness (QED) is 0.276. The van der Waals surface area contributed by atoms with E-state index in [1.54, 1.807) is 6.92 Å². The minimum Gasteiger partial charge on any atom is -0.462 e. The lowest BCUT2D eigenvalue weighted by atomic mass is 9.47. The summed E-state index contributed by atoms with van der Waals surface area (Å²) >= 11 is 3.76. The van der Waals surface area contributed by atoms with E-state index in [0.29, 0.717) is 25.2 Å². The molecule has 4 unspecified atom stereocenters. The molecule has 0 heterocycles. The Hall–Kier alpha value is -0.920. The van der Waals surface area contributed by atoms with Crippen LogP contribution >= 0.6 is 15.9 Å². The molecule has 4 rings (SSSR count). The molecule has 4 aliphatic carbocycles. The first kappa shape index (κ1) is 26.2. The fourth-order valence-corrected chi connectivity index (χ4v) is 8.76. The molecule has 6 nitrogen and oxygen atoms in total. The Kier molecular flexibility index (Phi) is 7.86. The number of hydrogen-bond acceptors (Lipinski definition) is 6. The molecule has 0 aromatic heterocycles. The van der Waals surface area contributed by atoms with Crippen molar-refractivity contribution in [2.45, 2.75) is 108 Å². The van der Waals surface area contributed by atoms with Crippen molar-refractivity contribution in [2.24, 2.45) is 28.6 Å². The van der Waals surface area contributed by atoms with Gasteiger partial charge in [-0.25, -0.2) is 0 Å². The molecule has 0 aromatic carbocycles. The maximum Gasteiger partial charge on any atom is 0.306 e. The third-order valence-corrected chi connectivity index (χ3v) is 10.4. The van der Waals surface area contributed by atoms with Gasteiger partial charge >= 0.3 is 11.9 Å². The van der Waals surface area contributed by atoms with Crippen molar-refractivity contribution in [3.8, 4) is 0 Å². The maximum absolute atomic E-state index is 12.2. The monoisotopic (exact) mass is 540 g/mol. The Labute approximate surface area is 212 Å². The molecule has 0 saturated heterocycles. The minimum absolute atomic E-state index is 0.0173. The van der Waals surface area contributed by atoms with E-state index in [1.165, 1.54) is 5.57 Å². The predicted octanol–water partition coefficient (Wildman–Crippen LogP) is 4.69.